The second kappa shape index (κ2) is 6.58. The van der Waals surface area contributed by atoms with Crippen molar-refractivity contribution in [3.63, 3.8) is 0 Å². The Labute approximate surface area is 126 Å². The van der Waals surface area contributed by atoms with Gasteiger partial charge in [0.2, 0.25) is 5.91 Å². The highest BCUT2D eigenvalue weighted by atomic mass is 19.1. The molecule has 0 bridgehead atoms. The fourth-order valence-electron chi connectivity index (χ4n) is 2.29. The number of rotatable bonds is 4. The number of benzene rings is 1. The van der Waals surface area contributed by atoms with Crippen LogP contribution in [0, 0.1) is 5.82 Å². The second-order valence-electron chi connectivity index (χ2n) is 4.99. The van der Waals surface area contributed by atoms with Gasteiger partial charge in [-0.1, -0.05) is 0 Å². The van der Waals surface area contributed by atoms with Crippen LogP contribution in [0.25, 0.3) is 5.69 Å². The summed E-state index contributed by atoms with van der Waals surface area (Å²) in [7, 11) is 0. The smallest absolute Gasteiger partial charge is 0.238 e. The van der Waals surface area contributed by atoms with Gasteiger partial charge in [-0.25, -0.2) is 9.07 Å². The predicted octanol–water partition coefficient (Wildman–Crippen LogP) is -0.355. The molecule has 0 saturated carbocycles. The summed E-state index contributed by atoms with van der Waals surface area (Å²) in [5, 5.41) is 16.6. The number of anilines is 1. The number of carbonyl (C=O) groups is 1. The molecule has 3 rings (SSSR count). The first kappa shape index (κ1) is 14.5. The van der Waals surface area contributed by atoms with Crippen LogP contribution in [0.2, 0.25) is 0 Å². The van der Waals surface area contributed by atoms with E-state index in [0.717, 1.165) is 26.2 Å². The molecule has 8 nitrogen and oxygen atoms in total. The van der Waals surface area contributed by atoms with E-state index in [1.165, 1.54) is 29.2 Å². The molecule has 9 heteroatoms. The van der Waals surface area contributed by atoms with Gasteiger partial charge in [0, 0.05) is 26.2 Å². The van der Waals surface area contributed by atoms with Gasteiger partial charge in [-0.2, -0.15) is 0 Å². The minimum absolute atomic E-state index is 0.119. The van der Waals surface area contributed by atoms with E-state index >= 15 is 0 Å². The molecule has 0 unspecified atom stereocenters. The molecule has 1 saturated heterocycles. The molecule has 1 amide bonds. The van der Waals surface area contributed by atoms with Gasteiger partial charge >= 0.3 is 0 Å². The molecule has 1 aliphatic rings. The second-order valence-corrected chi connectivity index (χ2v) is 4.99. The van der Waals surface area contributed by atoms with E-state index in [9.17, 15) is 9.18 Å². The first-order chi connectivity index (χ1) is 10.7. The standard InChI is InChI=1S/C13H16FN7O/c14-11-2-1-10(21-9-16-18-19-21)7-12(11)17-13(22)8-20-5-3-15-4-6-20/h1-2,7,9,15H,3-6,8H2,(H,17,22). The highest BCUT2D eigenvalue weighted by Crippen LogP contribution is 2.18. The molecule has 22 heavy (non-hydrogen) atoms. The zero-order valence-corrected chi connectivity index (χ0v) is 11.9. The van der Waals surface area contributed by atoms with Crippen LogP contribution >= 0.6 is 0 Å². The maximum absolute atomic E-state index is 13.9. The van der Waals surface area contributed by atoms with Crippen molar-refractivity contribution in [1.82, 2.24) is 30.4 Å². The van der Waals surface area contributed by atoms with Crippen LogP contribution in [-0.2, 0) is 4.79 Å². The van der Waals surface area contributed by atoms with Crippen molar-refractivity contribution in [1.29, 1.82) is 0 Å². The fraction of sp³-hybridized carbons (Fsp3) is 0.385. The first-order valence-electron chi connectivity index (χ1n) is 6.98. The van der Waals surface area contributed by atoms with Crippen molar-refractivity contribution in [3.8, 4) is 5.69 Å². The van der Waals surface area contributed by atoms with Crippen LogP contribution in [-0.4, -0.2) is 63.7 Å². The Morgan fingerprint density at radius 2 is 2.18 bits per heavy atom. The number of piperazine rings is 1. The van der Waals surface area contributed by atoms with Gasteiger partial charge in [0.25, 0.3) is 0 Å². The lowest BCUT2D eigenvalue weighted by atomic mass is 10.2. The zero-order chi connectivity index (χ0) is 15.4. The molecule has 1 aromatic heterocycles. The Morgan fingerprint density at radius 1 is 1.36 bits per heavy atom. The van der Waals surface area contributed by atoms with Crippen LogP contribution in [0.15, 0.2) is 24.5 Å². The third kappa shape index (κ3) is 3.43. The van der Waals surface area contributed by atoms with Crippen LogP contribution in [0.4, 0.5) is 10.1 Å². The van der Waals surface area contributed by atoms with Gasteiger partial charge in [-0.3, -0.25) is 9.69 Å². The van der Waals surface area contributed by atoms with Crippen molar-refractivity contribution in [2.75, 3.05) is 38.0 Å². The number of carbonyl (C=O) groups excluding carboxylic acids is 1. The van der Waals surface area contributed by atoms with Crippen LogP contribution in [0.1, 0.15) is 0 Å². The maximum atomic E-state index is 13.9. The number of amides is 1. The molecular formula is C13H16FN7O. The number of tetrazole rings is 1. The Bertz CT molecular complexity index is 640. The Balaban J connectivity index is 1.68. The topological polar surface area (TPSA) is 88.0 Å². The van der Waals surface area contributed by atoms with E-state index in [-0.39, 0.29) is 18.1 Å². The molecule has 1 aromatic carbocycles. The Morgan fingerprint density at radius 3 is 2.91 bits per heavy atom. The fourth-order valence-corrected chi connectivity index (χ4v) is 2.29. The van der Waals surface area contributed by atoms with Crippen LogP contribution < -0.4 is 10.6 Å². The van der Waals surface area contributed by atoms with E-state index in [0.29, 0.717) is 5.69 Å². The number of nitrogens with zero attached hydrogens (tertiary/aromatic N) is 5. The van der Waals surface area contributed by atoms with E-state index in [1.54, 1.807) is 0 Å². The third-order valence-electron chi connectivity index (χ3n) is 3.41. The highest BCUT2D eigenvalue weighted by Gasteiger charge is 2.15. The lowest BCUT2D eigenvalue weighted by molar-refractivity contribution is -0.117. The Kier molecular flexibility index (Phi) is 4.35. The van der Waals surface area contributed by atoms with Crippen molar-refractivity contribution in [2.45, 2.75) is 0 Å². The van der Waals surface area contributed by atoms with Gasteiger partial charge in [-0.15, -0.1) is 5.10 Å². The molecule has 0 radical (unpaired) electrons. The van der Waals surface area contributed by atoms with Crippen molar-refractivity contribution < 1.29 is 9.18 Å². The molecule has 116 valence electrons. The van der Waals surface area contributed by atoms with E-state index < -0.39 is 5.82 Å². The predicted molar refractivity (Wildman–Crippen MR) is 77.1 cm³/mol. The van der Waals surface area contributed by atoms with Gasteiger partial charge in [0.1, 0.15) is 12.1 Å². The molecule has 2 heterocycles. The lowest BCUT2D eigenvalue weighted by Crippen LogP contribution is -2.46. The average molecular weight is 305 g/mol. The number of hydrogen-bond donors (Lipinski definition) is 2. The zero-order valence-electron chi connectivity index (χ0n) is 11.9. The van der Waals surface area contributed by atoms with Gasteiger partial charge in [0.15, 0.2) is 0 Å². The van der Waals surface area contributed by atoms with Crippen molar-refractivity contribution in [3.05, 3.63) is 30.3 Å². The Hall–Kier alpha value is -2.39. The molecule has 0 atom stereocenters. The van der Waals surface area contributed by atoms with Gasteiger partial charge in [0.05, 0.1) is 17.9 Å². The van der Waals surface area contributed by atoms with E-state index in [1.807, 2.05) is 4.90 Å². The largest absolute Gasteiger partial charge is 0.322 e. The lowest BCUT2D eigenvalue weighted by Gasteiger charge is -2.26. The summed E-state index contributed by atoms with van der Waals surface area (Å²) in [6, 6.07) is 4.32. The SMILES string of the molecule is O=C(CN1CCNCC1)Nc1cc(-n2cnnn2)ccc1F. The van der Waals surface area contributed by atoms with Crippen molar-refractivity contribution >= 4 is 11.6 Å². The summed E-state index contributed by atoms with van der Waals surface area (Å²) < 4.78 is 15.2. The number of hydrogen-bond acceptors (Lipinski definition) is 6. The average Bonchev–Trinajstić information content (AvgIpc) is 3.05. The van der Waals surface area contributed by atoms with Crippen LogP contribution in [0.5, 0.6) is 0 Å². The summed E-state index contributed by atoms with van der Waals surface area (Å²) in [5.41, 5.74) is 0.692. The number of nitrogens with one attached hydrogen (secondary N) is 2. The first-order valence-corrected chi connectivity index (χ1v) is 6.98. The van der Waals surface area contributed by atoms with E-state index in [4.69, 9.17) is 0 Å². The van der Waals surface area contributed by atoms with Crippen molar-refractivity contribution in [2.24, 2.45) is 0 Å². The molecule has 2 aromatic rings. The summed E-state index contributed by atoms with van der Waals surface area (Å²) in [6.45, 7) is 3.57. The van der Waals surface area contributed by atoms with Gasteiger partial charge < -0.3 is 10.6 Å². The summed E-state index contributed by atoms with van der Waals surface area (Å²) in [5.74, 6) is -0.736. The number of halogens is 1. The summed E-state index contributed by atoms with van der Waals surface area (Å²) in [6.07, 6.45) is 1.40. The minimum Gasteiger partial charge on any atom is -0.322 e. The third-order valence-corrected chi connectivity index (χ3v) is 3.41. The molecule has 0 aliphatic carbocycles. The highest BCUT2D eigenvalue weighted by molar-refractivity contribution is 5.92. The van der Waals surface area contributed by atoms with Crippen LogP contribution in [0.3, 0.4) is 0 Å². The molecule has 1 aliphatic heterocycles. The molecule has 0 spiro atoms. The minimum atomic E-state index is -0.495. The molecule has 2 N–H and O–H groups in total. The monoisotopic (exact) mass is 305 g/mol. The molecular weight excluding hydrogens is 289 g/mol. The molecule has 1 fully saturated rings. The summed E-state index contributed by atoms with van der Waals surface area (Å²) >= 11 is 0. The normalized spacial score (nSPS) is 15.7. The number of aromatic nitrogens is 4. The quantitative estimate of drug-likeness (QED) is 0.802. The maximum Gasteiger partial charge on any atom is 0.238 e. The van der Waals surface area contributed by atoms with Gasteiger partial charge in [-0.05, 0) is 28.6 Å². The van der Waals surface area contributed by atoms with E-state index in [2.05, 4.69) is 26.2 Å². The summed E-state index contributed by atoms with van der Waals surface area (Å²) in [4.78, 5) is 14.1.